The van der Waals surface area contributed by atoms with E-state index in [-0.39, 0.29) is 17.2 Å². The quantitative estimate of drug-likeness (QED) is 0.305. The summed E-state index contributed by atoms with van der Waals surface area (Å²) < 4.78 is 11.8. The molecule has 0 spiro atoms. The fourth-order valence-electron chi connectivity index (χ4n) is 2.85. The third-order valence-corrected chi connectivity index (χ3v) is 5.53. The molecule has 0 saturated heterocycles. The number of nitrogens with zero attached hydrogens (tertiary/aromatic N) is 2. The molecule has 0 aliphatic rings. The van der Waals surface area contributed by atoms with Gasteiger partial charge in [0.05, 0.1) is 23.8 Å². The maximum Gasteiger partial charge on any atom is 0.262 e. The van der Waals surface area contributed by atoms with Gasteiger partial charge in [-0.15, -0.1) is 0 Å². The minimum Gasteiger partial charge on any atom is -0.497 e. The molecular formula is C21H22ClN3O4S. The molecule has 0 unspecified atom stereocenters. The smallest absolute Gasteiger partial charge is 0.262 e. The maximum absolute atomic E-state index is 13.0. The first-order valence-electron chi connectivity index (χ1n) is 9.27. The van der Waals surface area contributed by atoms with Crippen molar-refractivity contribution in [1.82, 2.24) is 9.55 Å². The van der Waals surface area contributed by atoms with E-state index in [2.05, 4.69) is 10.3 Å². The zero-order chi connectivity index (χ0) is 21.5. The van der Waals surface area contributed by atoms with Crippen LogP contribution in [0.3, 0.4) is 0 Å². The molecule has 158 valence electrons. The molecule has 0 radical (unpaired) electrons. The van der Waals surface area contributed by atoms with Crippen molar-refractivity contribution in [2.75, 3.05) is 31.9 Å². The number of thioether (sulfide) groups is 1. The van der Waals surface area contributed by atoms with E-state index >= 15 is 0 Å². The number of halogens is 1. The second-order valence-corrected chi connectivity index (χ2v) is 7.80. The van der Waals surface area contributed by atoms with Crippen molar-refractivity contribution in [3.05, 3.63) is 57.8 Å². The number of ether oxygens (including phenoxy) is 2. The third kappa shape index (κ3) is 5.53. The third-order valence-electron chi connectivity index (χ3n) is 4.32. The van der Waals surface area contributed by atoms with Gasteiger partial charge in [0.15, 0.2) is 5.16 Å². The molecule has 1 heterocycles. The Morgan fingerprint density at radius 1 is 1.20 bits per heavy atom. The van der Waals surface area contributed by atoms with Gasteiger partial charge in [-0.3, -0.25) is 14.2 Å². The van der Waals surface area contributed by atoms with Gasteiger partial charge in [-0.1, -0.05) is 23.4 Å². The summed E-state index contributed by atoms with van der Waals surface area (Å²) in [6.07, 6.45) is 0.656. The fourth-order valence-corrected chi connectivity index (χ4v) is 3.84. The number of hydrogen-bond donors (Lipinski definition) is 1. The molecule has 2 aromatic carbocycles. The first-order valence-corrected chi connectivity index (χ1v) is 10.6. The first-order chi connectivity index (χ1) is 14.5. The summed E-state index contributed by atoms with van der Waals surface area (Å²) in [7, 11) is 3.20. The summed E-state index contributed by atoms with van der Waals surface area (Å²) in [4.78, 5) is 29.9. The molecule has 0 aliphatic heterocycles. The molecule has 3 aromatic rings. The van der Waals surface area contributed by atoms with Gasteiger partial charge in [0.1, 0.15) is 5.75 Å². The number of amides is 1. The first kappa shape index (κ1) is 22.1. The fraction of sp³-hybridized carbons (Fsp3) is 0.286. The number of nitrogens with one attached hydrogen (secondary N) is 1. The summed E-state index contributed by atoms with van der Waals surface area (Å²) in [6.45, 7) is 0.966. The predicted molar refractivity (Wildman–Crippen MR) is 120 cm³/mol. The van der Waals surface area contributed by atoms with Gasteiger partial charge >= 0.3 is 0 Å². The molecule has 0 saturated carbocycles. The predicted octanol–water partition coefficient (Wildman–Crippen LogP) is 3.83. The van der Waals surface area contributed by atoms with E-state index in [1.165, 1.54) is 11.8 Å². The molecule has 1 amide bonds. The lowest BCUT2D eigenvalue weighted by Crippen LogP contribution is -2.25. The van der Waals surface area contributed by atoms with Gasteiger partial charge in [-0.2, -0.15) is 0 Å². The van der Waals surface area contributed by atoms with Crippen LogP contribution >= 0.6 is 23.4 Å². The lowest BCUT2D eigenvalue weighted by molar-refractivity contribution is -0.113. The summed E-state index contributed by atoms with van der Waals surface area (Å²) in [5, 5.41) is 4.28. The van der Waals surface area contributed by atoms with Crippen LogP contribution in [0.1, 0.15) is 6.42 Å². The molecule has 0 aliphatic carbocycles. The van der Waals surface area contributed by atoms with Gasteiger partial charge in [-0.05, 0) is 48.9 Å². The van der Waals surface area contributed by atoms with Crippen LogP contribution in [0.15, 0.2) is 52.4 Å². The Morgan fingerprint density at radius 2 is 1.97 bits per heavy atom. The Bertz CT molecular complexity index is 1090. The van der Waals surface area contributed by atoms with Crippen LogP contribution in [0.2, 0.25) is 5.02 Å². The van der Waals surface area contributed by atoms with Gasteiger partial charge in [0.25, 0.3) is 5.56 Å². The van der Waals surface area contributed by atoms with Crippen LogP contribution in [-0.4, -0.2) is 42.0 Å². The highest BCUT2D eigenvalue weighted by atomic mass is 35.5. The normalized spacial score (nSPS) is 10.9. The molecule has 0 atom stereocenters. The largest absolute Gasteiger partial charge is 0.497 e. The summed E-state index contributed by atoms with van der Waals surface area (Å²) in [5.74, 6) is 0.616. The van der Waals surface area contributed by atoms with Gasteiger partial charge in [0, 0.05) is 31.0 Å². The highest BCUT2D eigenvalue weighted by Gasteiger charge is 2.14. The van der Waals surface area contributed by atoms with E-state index in [4.69, 9.17) is 21.1 Å². The molecule has 0 fully saturated rings. The molecular weight excluding hydrogens is 426 g/mol. The van der Waals surface area contributed by atoms with Crippen LogP contribution in [0.4, 0.5) is 5.69 Å². The number of rotatable bonds is 9. The Balaban J connectivity index is 1.79. The lowest BCUT2D eigenvalue weighted by Gasteiger charge is -2.13. The Labute approximate surface area is 183 Å². The Hall–Kier alpha value is -2.55. The summed E-state index contributed by atoms with van der Waals surface area (Å²) in [6, 6.07) is 12.1. The number of methoxy groups -OCH3 is 2. The standard InChI is InChI=1S/C21H22ClN3O4S/c1-28-11-3-10-25-20(27)17-9-4-14(22)12-18(17)24-21(25)30-13-19(26)23-15-5-7-16(29-2)8-6-15/h4-9,12H,3,10-11,13H2,1-2H3,(H,23,26). The van der Waals surface area contributed by atoms with Gasteiger partial charge in [-0.25, -0.2) is 4.98 Å². The average Bonchev–Trinajstić information content (AvgIpc) is 2.74. The number of fused-ring (bicyclic) bond motifs is 1. The Morgan fingerprint density at radius 3 is 2.67 bits per heavy atom. The number of carbonyl (C=O) groups is 1. The van der Waals surface area contributed by atoms with Crippen molar-refractivity contribution in [3.63, 3.8) is 0 Å². The second-order valence-electron chi connectivity index (χ2n) is 6.42. The molecule has 9 heteroatoms. The van der Waals surface area contributed by atoms with Crippen molar-refractivity contribution >= 4 is 45.9 Å². The number of benzene rings is 2. The molecule has 30 heavy (non-hydrogen) atoms. The van der Waals surface area contributed by atoms with E-state index in [0.29, 0.717) is 52.1 Å². The SMILES string of the molecule is COCCCn1c(SCC(=O)Nc2ccc(OC)cc2)nc2cc(Cl)ccc2c1=O. The molecule has 3 rings (SSSR count). The van der Waals surface area contributed by atoms with Crippen LogP contribution in [0.25, 0.3) is 10.9 Å². The van der Waals surface area contributed by atoms with Crippen molar-refractivity contribution in [2.24, 2.45) is 0 Å². The molecule has 1 N–H and O–H groups in total. The average molecular weight is 448 g/mol. The van der Waals surface area contributed by atoms with E-state index in [0.717, 1.165) is 0 Å². The van der Waals surface area contributed by atoms with E-state index < -0.39 is 0 Å². The van der Waals surface area contributed by atoms with E-state index in [1.54, 1.807) is 61.3 Å². The van der Waals surface area contributed by atoms with E-state index in [1.807, 2.05) is 0 Å². The zero-order valence-electron chi connectivity index (χ0n) is 16.7. The van der Waals surface area contributed by atoms with Crippen molar-refractivity contribution in [3.8, 4) is 5.75 Å². The maximum atomic E-state index is 13.0. The van der Waals surface area contributed by atoms with Gasteiger partial charge in [0.2, 0.25) is 5.91 Å². The van der Waals surface area contributed by atoms with Crippen LogP contribution in [-0.2, 0) is 16.1 Å². The lowest BCUT2D eigenvalue weighted by atomic mass is 10.2. The Kier molecular flexibility index (Phi) is 7.73. The summed E-state index contributed by atoms with van der Waals surface area (Å²) >= 11 is 7.27. The minimum absolute atomic E-state index is 0.106. The second kappa shape index (κ2) is 10.5. The van der Waals surface area contributed by atoms with Gasteiger partial charge < -0.3 is 14.8 Å². The highest BCUT2D eigenvalue weighted by molar-refractivity contribution is 7.99. The monoisotopic (exact) mass is 447 g/mol. The van der Waals surface area contributed by atoms with E-state index in [9.17, 15) is 9.59 Å². The molecule has 1 aromatic heterocycles. The highest BCUT2D eigenvalue weighted by Crippen LogP contribution is 2.21. The molecule has 0 bridgehead atoms. The van der Waals surface area contributed by atoms with Crippen molar-refractivity contribution in [1.29, 1.82) is 0 Å². The van der Waals surface area contributed by atoms with Crippen molar-refractivity contribution < 1.29 is 14.3 Å². The van der Waals surface area contributed by atoms with Crippen LogP contribution in [0.5, 0.6) is 5.75 Å². The van der Waals surface area contributed by atoms with Crippen molar-refractivity contribution in [2.45, 2.75) is 18.1 Å². The number of anilines is 1. The molecule has 7 nitrogen and oxygen atoms in total. The zero-order valence-corrected chi connectivity index (χ0v) is 18.3. The topological polar surface area (TPSA) is 82.4 Å². The number of aromatic nitrogens is 2. The summed E-state index contributed by atoms with van der Waals surface area (Å²) in [5.41, 5.74) is 1.01. The number of hydrogen-bond acceptors (Lipinski definition) is 6. The number of carbonyl (C=O) groups excluding carboxylic acids is 1. The van der Waals surface area contributed by atoms with Crippen LogP contribution < -0.4 is 15.6 Å². The minimum atomic E-state index is -0.200. The van der Waals surface area contributed by atoms with Crippen LogP contribution in [0, 0.1) is 0 Å².